The Morgan fingerprint density at radius 2 is 1.95 bits per heavy atom. The molecule has 10 heteroatoms. The van der Waals surface area contributed by atoms with Crippen LogP contribution in [0.1, 0.15) is 6.04 Å². The van der Waals surface area contributed by atoms with Gasteiger partial charge in [-0.3, -0.25) is 23.3 Å². The molecule has 114 valence electrons. The molecule has 0 aliphatic carbocycles. The van der Waals surface area contributed by atoms with Crippen LogP contribution in [0.2, 0.25) is 0 Å². The van der Waals surface area contributed by atoms with Crippen molar-refractivity contribution in [2.45, 2.75) is 12.6 Å². The maximum absolute atomic E-state index is 11.7. The van der Waals surface area contributed by atoms with Gasteiger partial charge < -0.3 is 5.11 Å². The van der Waals surface area contributed by atoms with Gasteiger partial charge in [-0.1, -0.05) is 0 Å². The van der Waals surface area contributed by atoms with E-state index in [2.05, 4.69) is 4.98 Å². The number of aromatic nitrogens is 3. The predicted molar refractivity (Wildman–Crippen MR) is 73.9 cm³/mol. The van der Waals surface area contributed by atoms with Crippen LogP contribution in [-0.2, 0) is 16.7 Å². The van der Waals surface area contributed by atoms with E-state index < -0.39 is 10.1 Å². The van der Waals surface area contributed by atoms with Crippen molar-refractivity contribution in [3.05, 3.63) is 39.0 Å². The highest BCUT2D eigenvalue weighted by molar-refractivity contribution is 7.85. The maximum atomic E-state index is 11.7. The van der Waals surface area contributed by atoms with Crippen LogP contribution in [0.15, 0.2) is 27.9 Å². The molecule has 3 rings (SSSR count). The lowest BCUT2D eigenvalue weighted by Crippen LogP contribution is -2.23. The van der Waals surface area contributed by atoms with Crippen molar-refractivity contribution in [3.8, 4) is 0 Å². The molecule has 3 heterocycles. The third kappa shape index (κ3) is 3.17. The molecule has 0 bridgehead atoms. The average molecular weight is 315 g/mol. The second-order valence-corrected chi connectivity index (χ2v) is 5.99. The zero-order valence-electron chi connectivity index (χ0n) is 11.0. The molecule has 0 saturated heterocycles. The lowest BCUT2D eigenvalue weighted by atomic mass is 10.3. The minimum absolute atomic E-state index is 0.167. The van der Waals surface area contributed by atoms with Crippen molar-refractivity contribution in [1.29, 1.82) is 0 Å². The zero-order valence-corrected chi connectivity index (χ0v) is 11.8. The molecule has 0 spiro atoms. The lowest BCUT2D eigenvalue weighted by Gasteiger charge is -2.08. The van der Waals surface area contributed by atoms with Crippen molar-refractivity contribution in [3.63, 3.8) is 0 Å². The number of hydrogen-bond donors (Lipinski definition) is 2. The smallest absolute Gasteiger partial charge is 0.270 e. The summed E-state index contributed by atoms with van der Waals surface area (Å²) in [6, 6.07) is 2.62. The van der Waals surface area contributed by atoms with Crippen LogP contribution in [0.25, 0.3) is 11.2 Å². The number of hydrogen-bond acceptors (Lipinski definition) is 6. The normalized spacial score (nSPS) is 16.6. The Kier molecular flexibility index (Phi) is 3.94. The molecule has 0 fully saturated rings. The van der Waals surface area contributed by atoms with Crippen LogP contribution in [0, 0.1) is 0 Å². The molecule has 2 N–H and O–H groups in total. The Hall–Kier alpha value is -2.04. The molecule has 9 nitrogen and oxygen atoms in total. The highest BCUT2D eigenvalue weighted by atomic mass is 32.2. The van der Waals surface area contributed by atoms with Crippen LogP contribution in [-0.4, -0.2) is 45.1 Å². The molecule has 2 aromatic heterocycles. The van der Waals surface area contributed by atoms with Gasteiger partial charge in [0.15, 0.2) is 0 Å². The first-order valence-corrected chi connectivity index (χ1v) is 7.71. The molecule has 0 aromatic carbocycles. The maximum Gasteiger partial charge on any atom is 0.270 e. The van der Waals surface area contributed by atoms with E-state index in [0.717, 1.165) is 0 Å². The van der Waals surface area contributed by atoms with Gasteiger partial charge in [0.2, 0.25) is 0 Å². The van der Waals surface area contributed by atoms with Gasteiger partial charge in [0.25, 0.3) is 21.2 Å². The van der Waals surface area contributed by atoms with Crippen LogP contribution >= 0.6 is 0 Å². The minimum atomic E-state index is -3.67. The summed E-state index contributed by atoms with van der Waals surface area (Å²) in [4.78, 5) is 27.2. The molecule has 21 heavy (non-hydrogen) atoms. The highest BCUT2D eigenvalue weighted by Gasteiger charge is 2.25. The lowest BCUT2D eigenvalue weighted by molar-refractivity contribution is 0.225. The Labute approximate surface area is 118 Å². The second-order valence-electron chi connectivity index (χ2n) is 4.53. The van der Waals surface area contributed by atoms with E-state index in [9.17, 15) is 23.1 Å². The molecular formula is C11H13N3O6S. The summed E-state index contributed by atoms with van der Waals surface area (Å²) in [7, 11) is -3.67. The van der Waals surface area contributed by atoms with E-state index in [1.165, 1.54) is 21.4 Å². The van der Waals surface area contributed by atoms with Crippen molar-refractivity contribution < 1.29 is 18.1 Å². The van der Waals surface area contributed by atoms with Crippen LogP contribution in [0.5, 0.6) is 0 Å². The van der Waals surface area contributed by atoms with Crippen molar-refractivity contribution in [2.24, 2.45) is 0 Å². The number of nitrogens with zero attached hydrogens (tertiary/aromatic N) is 3. The number of aliphatic hydroxyl groups is 1. The van der Waals surface area contributed by atoms with Crippen molar-refractivity contribution >= 4 is 21.3 Å². The second kappa shape index (κ2) is 5.39. The minimum Gasteiger partial charge on any atom is -0.394 e. The zero-order chi connectivity index (χ0) is 15.8. The third-order valence-corrected chi connectivity index (χ3v) is 2.88. The van der Waals surface area contributed by atoms with Gasteiger partial charge in [-0.15, -0.1) is 0 Å². The van der Waals surface area contributed by atoms with E-state index in [1.54, 1.807) is 6.07 Å². The van der Waals surface area contributed by atoms with Crippen LogP contribution < -0.4 is 11.1 Å². The molecule has 0 unspecified atom stereocenters. The summed E-state index contributed by atoms with van der Waals surface area (Å²) in [6.07, 6.45) is 1.95. The topological polar surface area (TPSA) is 131 Å². The fraction of sp³-hybridized carbons (Fsp3) is 0.364. The molecule has 1 aliphatic rings. The molecule has 1 atom stereocenters. The van der Waals surface area contributed by atoms with E-state index in [1.807, 2.05) is 0 Å². The fourth-order valence-electron chi connectivity index (χ4n) is 2.16. The molecule has 1 aliphatic heterocycles. The third-order valence-electron chi connectivity index (χ3n) is 2.88. The first kappa shape index (κ1) is 15.4. The Bertz CT molecular complexity index is 885. The largest absolute Gasteiger partial charge is 0.394 e. The van der Waals surface area contributed by atoms with Gasteiger partial charge in [-0.05, 0) is 6.07 Å². The van der Waals surface area contributed by atoms with E-state index in [4.69, 9.17) is 4.55 Å². The van der Waals surface area contributed by atoms with Gasteiger partial charge in [0, 0.05) is 6.07 Å². The average Bonchev–Trinajstić information content (AvgIpc) is 2.76. The summed E-state index contributed by atoms with van der Waals surface area (Å²) in [5, 5.41) is 9.21. The van der Waals surface area contributed by atoms with E-state index in [-0.39, 0.29) is 23.8 Å². The summed E-state index contributed by atoms with van der Waals surface area (Å²) in [5.41, 5.74) is 0.627. The van der Waals surface area contributed by atoms with Crippen molar-refractivity contribution in [2.75, 3.05) is 12.9 Å². The molecule has 0 amide bonds. The molecular weight excluding hydrogens is 302 g/mol. The fourth-order valence-corrected chi connectivity index (χ4v) is 2.16. The molecule has 0 saturated carbocycles. The summed E-state index contributed by atoms with van der Waals surface area (Å²) < 4.78 is 28.8. The Morgan fingerprint density at radius 3 is 2.52 bits per heavy atom. The Morgan fingerprint density at radius 1 is 1.33 bits per heavy atom. The predicted octanol–water partition coefficient (Wildman–Crippen LogP) is -1.39. The summed E-state index contributed by atoms with van der Waals surface area (Å²) >= 11 is 0. The summed E-state index contributed by atoms with van der Waals surface area (Å²) in [6.45, 7) is 0.160. The van der Waals surface area contributed by atoms with Gasteiger partial charge in [0.05, 0.1) is 31.6 Å². The van der Waals surface area contributed by atoms with E-state index >= 15 is 0 Å². The highest BCUT2D eigenvalue weighted by Crippen LogP contribution is 2.20. The van der Waals surface area contributed by atoms with Crippen molar-refractivity contribution in [1.82, 2.24) is 14.1 Å². The van der Waals surface area contributed by atoms with Gasteiger partial charge in [0.1, 0.15) is 11.2 Å². The Balaban J connectivity index is 0.000000282. The number of aliphatic hydroxyl groups excluding tert-OH is 1. The first-order valence-electron chi connectivity index (χ1n) is 5.87. The molecule has 0 radical (unpaired) electrons. The standard InChI is InChI=1S/C10H9N3O3.CH4O3S/c14-5-6-4-12-9(16)3-11-7-1-2-8(15)13(6)10(7)12;1-5(2,3)4/h1-3,6,14H,4-5H2;1H3,(H,2,3,4)/t6-;/m0./s1. The molecule has 2 aromatic rings. The van der Waals surface area contributed by atoms with Gasteiger partial charge in [-0.25, -0.2) is 4.98 Å². The van der Waals surface area contributed by atoms with Gasteiger partial charge >= 0.3 is 0 Å². The van der Waals surface area contributed by atoms with E-state index in [0.29, 0.717) is 24.0 Å². The quantitative estimate of drug-likeness (QED) is 0.619. The van der Waals surface area contributed by atoms with Crippen LogP contribution in [0.3, 0.4) is 0 Å². The number of pyridine rings is 1. The summed E-state index contributed by atoms with van der Waals surface area (Å²) in [5.74, 6) is 0. The van der Waals surface area contributed by atoms with Gasteiger partial charge in [-0.2, -0.15) is 8.42 Å². The van der Waals surface area contributed by atoms with Crippen LogP contribution in [0.4, 0.5) is 0 Å². The monoisotopic (exact) mass is 315 g/mol. The number of rotatable bonds is 1. The first-order chi connectivity index (χ1) is 9.72. The SMILES string of the molecule is CS(=O)(=O)O.O=c1cnc2ccc(=O)n3c2n1C[C@H]3CO.